The molecule has 0 aliphatic carbocycles. The van der Waals surface area contributed by atoms with Gasteiger partial charge in [0.2, 0.25) is 5.43 Å². The summed E-state index contributed by atoms with van der Waals surface area (Å²) in [7, 11) is 1.14. The van der Waals surface area contributed by atoms with Gasteiger partial charge in [0.05, 0.1) is 19.6 Å². The van der Waals surface area contributed by atoms with Gasteiger partial charge >= 0.3 is 0 Å². The molecule has 1 aromatic heterocycles. The van der Waals surface area contributed by atoms with E-state index in [9.17, 15) is 13.6 Å². The Morgan fingerprint density at radius 1 is 1.67 bits per heavy atom. The molecule has 15 heavy (non-hydrogen) atoms. The monoisotopic (exact) mass is 214 g/mol. The summed E-state index contributed by atoms with van der Waals surface area (Å²) >= 11 is 0. The van der Waals surface area contributed by atoms with Gasteiger partial charge in [0.1, 0.15) is 5.69 Å². The summed E-state index contributed by atoms with van der Waals surface area (Å²) in [5.74, 6) is -0.410. The van der Waals surface area contributed by atoms with Crippen LogP contribution in [0.1, 0.15) is 17.8 Å². The van der Waals surface area contributed by atoms with Crippen molar-refractivity contribution in [3.05, 3.63) is 27.7 Å². The molecule has 80 valence electrons. The highest BCUT2D eigenvalue weighted by atomic mass is 19.3. The number of pyridine rings is 1. The van der Waals surface area contributed by atoms with Crippen molar-refractivity contribution in [3.63, 3.8) is 0 Å². The Labute approximate surface area is 84.1 Å². The third-order valence-corrected chi connectivity index (χ3v) is 1.76. The van der Waals surface area contributed by atoms with Crippen LogP contribution in [0.4, 0.5) is 8.78 Å². The smallest absolute Gasteiger partial charge is 0.282 e. The highest BCUT2D eigenvalue weighted by molar-refractivity contribution is 5.31. The van der Waals surface area contributed by atoms with Crippen molar-refractivity contribution in [1.82, 2.24) is 4.98 Å². The van der Waals surface area contributed by atoms with Crippen molar-refractivity contribution < 1.29 is 13.5 Å². The topological polar surface area (TPSA) is 65.9 Å². The van der Waals surface area contributed by atoms with Crippen molar-refractivity contribution >= 4 is 0 Å². The Bertz CT molecular complexity index is 448. The molecule has 0 atom stereocenters. The first-order chi connectivity index (χ1) is 7.10. The standard InChI is InChI=1S/C9H8F2N2O2/c1-15-8-6(14)4-5(2-3-12)13-7(8)9(10)11/h4,9H,2H2,1H3,(H,13,14). The van der Waals surface area contributed by atoms with Gasteiger partial charge in [-0.05, 0) is 0 Å². The number of hydrogen-bond donors (Lipinski definition) is 1. The largest absolute Gasteiger partial charge is 0.491 e. The van der Waals surface area contributed by atoms with Crippen molar-refractivity contribution in [1.29, 1.82) is 5.26 Å². The Kier molecular flexibility index (Phi) is 3.39. The van der Waals surface area contributed by atoms with Gasteiger partial charge < -0.3 is 9.72 Å². The number of aromatic nitrogens is 1. The summed E-state index contributed by atoms with van der Waals surface area (Å²) in [6.45, 7) is 0. The number of nitrogens with zero attached hydrogens (tertiary/aromatic N) is 1. The Balaban J connectivity index is 3.33. The fourth-order valence-electron chi connectivity index (χ4n) is 1.17. The molecule has 0 spiro atoms. The van der Waals surface area contributed by atoms with Gasteiger partial charge in [0, 0.05) is 11.8 Å². The van der Waals surface area contributed by atoms with E-state index in [-0.39, 0.29) is 12.1 Å². The van der Waals surface area contributed by atoms with Crippen LogP contribution in [-0.4, -0.2) is 12.1 Å². The van der Waals surface area contributed by atoms with Crippen molar-refractivity contribution in [2.45, 2.75) is 12.8 Å². The predicted octanol–water partition coefficient (Wildman–Crippen LogP) is 1.39. The molecule has 4 nitrogen and oxygen atoms in total. The number of alkyl halides is 2. The molecule has 0 saturated heterocycles. The zero-order valence-electron chi connectivity index (χ0n) is 7.88. The minimum absolute atomic E-state index is 0.126. The molecular weight excluding hydrogens is 206 g/mol. The number of aromatic amines is 1. The normalized spacial score (nSPS) is 10.1. The van der Waals surface area contributed by atoms with E-state index in [1.165, 1.54) is 0 Å². The molecule has 0 aliphatic heterocycles. The Morgan fingerprint density at radius 2 is 2.33 bits per heavy atom. The number of H-pyrrole nitrogens is 1. The zero-order chi connectivity index (χ0) is 11.4. The first-order valence-corrected chi connectivity index (χ1v) is 4.05. The lowest BCUT2D eigenvalue weighted by Crippen LogP contribution is -2.12. The van der Waals surface area contributed by atoms with Gasteiger partial charge in [-0.2, -0.15) is 5.26 Å². The van der Waals surface area contributed by atoms with Crippen LogP contribution in [-0.2, 0) is 6.42 Å². The summed E-state index contributed by atoms with van der Waals surface area (Å²) in [4.78, 5) is 13.6. The summed E-state index contributed by atoms with van der Waals surface area (Å²) in [5, 5.41) is 8.38. The number of methoxy groups -OCH3 is 1. The van der Waals surface area contributed by atoms with Crippen LogP contribution in [0.2, 0.25) is 0 Å². The number of halogens is 2. The maximum absolute atomic E-state index is 12.5. The first kappa shape index (κ1) is 11.2. The van der Waals surface area contributed by atoms with Crippen LogP contribution in [0.3, 0.4) is 0 Å². The van der Waals surface area contributed by atoms with Crippen LogP contribution in [0.15, 0.2) is 10.9 Å². The second-order valence-corrected chi connectivity index (χ2v) is 2.74. The van der Waals surface area contributed by atoms with E-state index in [4.69, 9.17) is 5.26 Å². The zero-order valence-corrected chi connectivity index (χ0v) is 7.88. The van der Waals surface area contributed by atoms with Gasteiger partial charge in [0.15, 0.2) is 5.75 Å². The summed E-state index contributed by atoms with van der Waals surface area (Å²) < 4.78 is 29.5. The average molecular weight is 214 g/mol. The van der Waals surface area contributed by atoms with Crippen molar-refractivity contribution in [3.8, 4) is 11.8 Å². The molecule has 0 aliphatic rings. The maximum atomic E-state index is 12.5. The first-order valence-electron chi connectivity index (χ1n) is 4.05. The lowest BCUT2D eigenvalue weighted by Gasteiger charge is -2.08. The molecule has 0 unspecified atom stereocenters. The van der Waals surface area contributed by atoms with E-state index in [0.717, 1.165) is 13.2 Å². The quantitative estimate of drug-likeness (QED) is 0.826. The van der Waals surface area contributed by atoms with Crippen LogP contribution in [0.25, 0.3) is 0 Å². The van der Waals surface area contributed by atoms with E-state index < -0.39 is 23.3 Å². The predicted molar refractivity (Wildman–Crippen MR) is 47.9 cm³/mol. The number of rotatable bonds is 3. The minimum atomic E-state index is -2.84. The Hall–Kier alpha value is -1.90. The van der Waals surface area contributed by atoms with Crippen LogP contribution in [0, 0.1) is 11.3 Å². The molecule has 0 bridgehead atoms. The lowest BCUT2D eigenvalue weighted by atomic mass is 10.2. The fourth-order valence-corrected chi connectivity index (χ4v) is 1.17. The van der Waals surface area contributed by atoms with Gasteiger partial charge in [-0.25, -0.2) is 8.78 Å². The second-order valence-electron chi connectivity index (χ2n) is 2.74. The number of hydrogen-bond acceptors (Lipinski definition) is 3. The fraction of sp³-hybridized carbons (Fsp3) is 0.333. The van der Waals surface area contributed by atoms with Crippen LogP contribution < -0.4 is 10.2 Å². The van der Waals surface area contributed by atoms with E-state index >= 15 is 0 Å². The number of ether oxygens (including phenoxy) is 1. The maximum Gasteiger partial charge on any atom is 0.282 e. The van der Waals surface area contributed by atoms with Crippen molar-refractivity contribution in [2.75, 3.05) is 7.11 Å². The minimum Gasteiger partial charge on any atom is -0.491 e. The SMILES string of the molecule is COc1c(C(F)F)[nH]c(CC#N)cc1=O. The molecule has 6 heteroatoms. The molecule has 0 fully saturated rings. The number of nitrogens with one attached hydrogen (secondary N) is 1. The summed E-state index contributed by atoms with van der Waals surface area (Å²) in [6.07, 6.45) is -2.97. The number of nitriles is 1. The van der Waals surface area contributed by atoms with Crippen molar-refractivity contribution in [2.24, 2.45) is 0 Å². The van der Waals surface area contributed by atoms with E-state index in [0.29, 0.717) is 0 Å². The molecule has 0 aromatic carbocycles. The van der Waals surface area contributed by atoms with Gasteiger partial charge in [-0.3, -0.25) is 4.79 Å². The molecular formula is C9H8F2N2O2. The second kappa shape index (κ2) is 4.55. The van der Waals surface area contributed by atoms with Gasteiger partial charge in [-0.1, -0.05) is 0 Å². The average Bonchev–Trinajstić information content (AvgIpc) is 2.17. The lowest BCUT2D eigenvalue weighted by molar-refractivity contribution is 0.141. The molecule has 1 aromatic rings. The molecule has 0 radical (unpaired) electrons. The molecule has 1 rings (SSSR count). The molecule has 0 saturated carbocycles. The van der Waals surface area contributed by atoms with E-state index in [1.807, 2.05) is 0 Å². The summed E-state index contributed by atoms with van der Waals surface area (Å²) in [5.41, 5.74) is -1.09. The highest BCUT2D eigenvalue weighted by Gasteiger charge is 2.18. The van der Waals surface area contributed by atoms with E-state index in [2.05, 4.69) is 9.72 Å². The molecule has 1 heterocycles. The van der Waals surface area contributed by atoms with Gasteiger partial charge in [-0.15, -0.1) is 0 Å². The van der Waals surface area contributed by atoms with E-state index in [1.54, 1.807) is 6.07 Å². The molecule has 0 amide bonds. The van der Waals surface area contributed by atoms with Gasteiger partial charge in [0.25, 0.3) is 6.43 Å². The Morgan fingerprint density at radius 3 is 2.80 bits per heavy atom. The third kappa shape index (κ3) is 2.31. The summed E-state index contributed by atoms with van der Waals surface area (Å²) in [6, 6.07) is 2.84. The highest BCUT2D eigenvalue weighted by Crippen LogP contribution is 2.23. The van der Waals surface area contributed by atoms with Crippen LogP contribution >= 0.6 is 0 Å². The third-order valence-electron chi connectivity index (χ3n) is 1.76. The van der Waals surface area contributed by atoms with Crippen LogP contribution in [0.5, 0.6) is 5.75 Å². The molecule has 1 N–H and O–H groups in total.